The topological polar surface area (TPSA) is 52.9 Å². The number of para-hydroxylation sites is 2. The van der Waals surface area contributed by atoms with E-state index in [1.807, 2.05) is 72.1 Å². The number of ether oxygens (including phenoxy) is 1. The lowest BCUT2D eigenvalue weighted by Gasteiger charge is -2.19. The molecule has 33 heavy (non-hydrogen) atoms. The van der Waals surface area contributed by atoms with Crippen LogP contribution in [0.25, 0.3) is 0 Å². The summed E-state index contributed by atoms with van der Waals surface area (Å²) in [5, 5.41) is 18.5. The Labute approximate surface area is 206 Å². The minimum absolute atomic E-state index is 0.322. The molecule has 0 spiro atoms. The van der Waals surface area contributed by atoms with Gasteiger partial charge in [0.15, 0.2) is 0 Å². The lowest BCUT2D eigenvalue weighted by Crippen LogP contribution is -2.25. The highest BCUT2D eigenvalue weighted by Gasteiger charge is 2.16. The molecule has 2 aliphatic heterocycles. The van der Waals surface area contributed by atoms with Gasteiger partial charge in [-0.2, -0.15) is 0 Å². The van der Waals surface area contributed by atoms with Crippen molar-refractivity contribution in [2.24, 2.45) is 0 Å². The average Bonchev–Trinajstić information content (AvgIpc) is 3.34. The van der Waals surface area contributed by atoms with Crippen molar-refractivity contribution in [3.63, 3.8) is 0 Å². The van der Waals surface area contributed by atoms with Crippen molar-refractivity contribution >= 4 is 23.5 Å². The van der Waals surface area contributed by atoms with E-state index in [0.29, 0.717) is 16.7 Å². The van der Waals surface area contributed by atoms with Crippen LogP contribution in [0, 0.1) is 0 Å². The molecule has 1 saturated heterocycles. The number of rotatable bonds is 4. The van der Waals surface area contributed by atoms with E-state index in [4.69, 9.17) is 9.84 Å². The van der Waals surface area contributed by atoms with E-state index in [2.05, 4.69) is 11.8 Å². The minimum atomic E-state index is 0.322. The van der Waals surface area contributed by atoms with Crippen LogP contribution in [0.3, 0.4) is 0 Å². The van der Waals surface area contributed by atoms with Gasteiger partial charge in [-0.05, 0) is 68.4 Å². The molecular weight excluding hydrogens is 450 g/mol. The number of likely N-dealkylation sites (tertiary alicyclic amines) is 1. The molecule has 5 rings (SSSR count). The number of nitrogens with zero attached hydrogens (tertiary/aromatic N) is 1. The molecule has 2 heterocycles. The molecule has 176 valence electrons. The summed E-state index contributed by atoms with van der Waals surface area (Å²) in [5.74, 6) is 2.84. The Balaban J connectivity index is 0.000000147. The number of fused-ring (bicyclic) bond motifs is 1. The van der Waals surface area contributed by atoms with E-state index in [-0.39, 0.29) is 0 Å². The molecule has 2 aliphatic rings. The zero-order valence-electron chi connectivity index (χ0n) is 19.1. The summed E-state index contributed by atoms with van der Waals surface area (Å²) >= 11 is 3.72. The molecule has 3 aromatic carbocycles. The van der Waals surface area contributed by atoms with Gasteiger partial charge in [-0.1, -0.05) is 43.3 Å². The quantitative estimate of drug-likeness (QED) is 0.440. The van der Waals surface area contributed by atoms with E-state index >= 15 is 0 Å². The normalized spacial score (nSPS) is 17.1. The Bertz CT molecular complexity index is 935. The largest absolute Gasteiger partial charge is 0.508 e. The Kier molecular flexibility index (Phi) is 10.8. The van der Waals surface area contributed by atoms with E-state index in [1.165, 1.54) is 41.5 Å². The number of hydrogen-bond donors (Lipinski definition) is 2. The minimum Gasteiger partial charge on any atom is -0.508 e. The molecule has 0 saturated carbocycles. The monoisotopic (exact) mass is 483 g/mol. The third kappa shape index (κ3) is 9.62. The highest BCUT2D eigenvalue weighted by Crippen LogP contribution is 2.41. The van der Waals surface area contributed by atoms with Crippen LogP contribution < -0.4 is 4.74 Å². The molecule has 0 aromatic heterocycles. The molecule has 2 N–H and O–H groups in total. The van der Waals surface area contributed by atoms with Crippen molar-refractivity contribution in [1.82, 2.24) is 4.90 Å². The third-order valence-electron chi connectivity index (χ3n) is 5.10. The van der Waals surface area contributed by atoms with E-state index in [1.54, 1.807) is 30.3 Å². The molecule has 3 aromatic rings. The van der Waals surface area contributed by atoms with E-state index < -0.39 is 0 Å². The standard InChI is InChI=1S/C12H17NO.C9H10OS2.C6H6O/c1-2-6-12(7-3-1)14-11-10-13-8-4-5-9-13;1-6-5-11-8-3-2-7(10)4-9(8)12-6;7-6-4-2-1-3-5-6/h1-3,6-7H,4-5,8-11H2;2-4,6,10H,5H2,1H3;1-5,7H/t;6-;/m.1./s1. The van der Waals surface area contributed by atoms with E-state index in [9.17, 15) is 5.11 Å². The molecule has 4 nitrogen and oxygen atoms in total. The lowest BCUT2D eigenvalue weighted by molar-refractivity contribution is 0.238. The molecular formula is C27H33NO3S2. The fourth-order valence-corrected chi connectivity index (χ4v) is 5.79. The summed E-state index contributed by atoms with van der Waals surface area (Å²) in [5.41, 5.74) is 0. The van der Waals surface area contributed by atoms with Gasteiger partial charge >= 0.3 is 0 Å². The third-order valence-corrected chi connectivity index (χ3v) is 7.94. The number of phenols is 2. The number of aromatic hydroxyl groups is 2. The molecule has 0 amide bonds. The second-order valence-corrected chi connectivity index (χ2v) is 10.5. The molecule has 0 unspecified atom stereocenters. The molecule has 1 fully saturated rings. The van der Waals surface area contributed by atoms with E-state index in [0.717, 1.165) is 18.9 Å². The van der Waals surface area contributed by atoms with Crippen LogP contribution in [0.2, 0.25) is 0 Å². The highest BCUT2D eigenvalue weighted by atomic mass is 32.2. The fraction of sp³-hybridized carbons (Fsp3) is 0.333. The summed E-state index contributed by atoms with van der Waals surface area (Å²) in [6.07, 6.45) is 2.71. The Morgan fingerprint density at radius 2 is 1.52 bits per heavy atom. The van der Waals surface area contributed by atoms with Crippen molar-refractivity contribution in [2.75, 3.05) is 32.0 Å². The van der Waals surface area contributed by atoms with Gasteiger partial charge in [0.2, 0.25) is 0 Å². The maximum atomic E-state index is 9.25. The molecule has 0 bridgehead atoms. The van der Waals surface area contributed by atoms with Crippen molar-refractivity contribution in [1.29, 1.82) is 0 Å². The molecule has 6 heteroatoms. The zero-order valence-corrected chi connectivity index (χ0v) is 20.7. The van der Waals surface area contributed by atoms with Gasteiger partial charge in [0.1, 0.15) is 23.9 Å². The zero-order chi connectivity index (χ0) is 23.3. The maximum absolute atomic E-state index is 9.25. The van der Waals surface area contributed by atoms with Gasteiger partial charge in [-0.15, -0.1) is 23.5 Å². The average molecular weight is 484 g/mol. The summed E-state index contributed by atoms with van der Waals surface area (Å²) in [6.45, 7) is 6.58. The first-order chi connectivity index (χ1) is 16.1. The van der Waals surface area contributed by atoms with Crippen LogP contribution in [0.5, 0.6) is 17.2 Å². The molecule has 1 atom stereocenters. The van der Waals surface area contributed by atoms with Crippen LogP contribution in [-0.2, 0) is 0 Å². The molecule has 0 radical (unpaired) electrons. The smallest absolute Gasteiger partial charge is 0.119 e. The number of phenolic OH excluding ortho intramolecular Hbond substituents is 2. The Morgan fingerprint density at radius 3 is 2.15 bits per heavy atom. The van der Waals surface area contributed by atoms with Crippen LogP contribution in [0.4, 0.5) is 0 Å². The lowest BCUT2D eigenvalue weighted by atomic mass is 10.3. The van der Waals surface area contributed by atoms with Crippen LogP contribution in [-0.4, -0.2) is 52.4 Å². The predicted octanol–water partition coefficient (Wildman–Crippen LogP) is 6.53. The Hall–Kier alpha value is -2.28. The number of thioether (sulfide) groups is 2. The fourth-order valence-electron chi connectivity index (χ4n) is 3.41. The van der Waals surface area contributed by atoms with Crippen LogP contribution in [0.1, 0.15) is 19.8 Å². The Morgan fingerprint density at radius 1 is 0.848 bits per heavy atom. The van der Waals surface area contributed by atoms with Gasteiger partial charge in [0.05, 0.1) is 0 Å². The van der Waals surface area contributed by atoms with Crippen LogP contribution >= 0.6 is 23.5 Å². The predicted molar refractivity (Wildman–Crippen MR) is 140 cm³/mol. The first-order valence-electron chi connectivity index (χ1n) is 11.4. The second kappa shape index (κ2) is 14.1. The maximum Gasteiger partial charge on any atom is 0.119 e. The van der Waals surface area contributed by atoms with Crippen molar-refractivity contribution < 1.29 is 14.9 Å². The van der Waals surface area contributed by atoms with Crippen molar-refractivity contribution in [2.45, 2.75) is 34.8 Å². The summed E-state index contributed by atoms with van der Waals surface area (Å²) in [6, 6.07) is 24.3. The summed E-state index contributed by atoms with van der Waals surface area (Å²) in [4.78, 5) is 4.98. The SMILES string of the molecule is C[C@@H]1CSc2ccc(O)cc2S1.Oc1ccccc1.c1ccc(OCCN2CCCC2)cc1. The number of benzene rings is 3. The van der Waals surface area contributed by atoms with Gasteiger partial charge in [-0.3, -0.25) is 4.90 Å². The summed E-state index contributed by atoms with van der Waals surface area (Å²) < 4.78 is 5.63. The first kappa shape index (κ1) is 25.3. The van der Waals surface area contributed by atoms with Crippen molar-refractivity contribution in [3.8, 4) is 17.2 Å². The van der Waals surface area contributed by atoms with Gasteiger partial charge in [-0.25, -0.2) is 0 Å². The molecule has 0 aliphatic carbocycles. The number of hydrogen-bond acceptors (Lipinski definition) is 6. The second-order valence-electron chi connectivity index (χ2n) is 7.92. The van der Waals surface area contributed by atoms with Crippen molar-refractivity contribution in [3.05, 3.63) is 78.9 Å². The highest BCUT2D eigenvalue weighted by molar-refractivity contribution is 8.06. The van der Waals surface area contributed by atoms with Gasteiger partial charge in [0, 0.05) is 27.3 Å². The van der Waals surface area contributed by atoms with Crippen LogP contribution in [0.15, 0.2) is 88.7 Å². The van der Waals surface area contributed by atoms with Gasteiger partial charge < -0.3 is 14.9 Å². The van der Waals surface area contributed by atoms with Gasteiger partial charge in [0.25, 0.3) is 0 Å². The summed E-state index contributed by atoms with van der Waals surface area (Å²) in [7, 11) is 0. The first-order valence-corrected chi connectivity index (χ1v) is 13.2.